The zero-order valence-corrected chi connectivity index (χ0v) is 20.7. The molecule has 0 bridgehead atoms. The van der Waals surface area contributed by atoms with E-state index in [1.165, 1.54) is 4.31 Å². The van der Waals surface area contributed by atoms with Crippen LogP contribution in [0.15, 0.2) is 72.0 Å². The number of fused-ring (bicyclic) bond motifs is 1. The molecule has 4 heterocycles. The van der Waals surface area contributed by atoms with Crippen LogP contribution >= 0.6 is 0 Å². The van der Waals surface area contributed by atoms with Crippen molar-refractivity contribution in [3.8, 4) is 11.5 Å². The normalized spacial score (nSPS) is 14.0. The summed E-state index contributed by atoms with van der Waals surface area (Å²) in [6.45, 7) is 4.57. The zero-order valence-electron chi connectivity index (χ0n) is 19.9. The van der Waals surface area contributed by atoms with E-state index in [0.29, 0.717) is 30.3 Å². The van der Waals surface area contributed by atoms with Gasteiger partial charge in [0.15, 0.2) is 5.82 Å². The number of carbonyl (C=O) groups is 1. The summed E-state index contributed by atoms with van der Waals surface area (Å²) in [5, 5.41) is 10.9. The molecule has 184 valence electrons. The molecule has 0 spiro atoms. The standard InChI is InChI=1S/C25H25N7O3S/c1-17(2)32-16-27-30-24(32)21-9-6-10-23(28-21)29-25(33)22-13-19-15-31(12-11-18(19)14-26-22)36(34,35)20-7-4-3-5-8-20/h3-10,13-14,16-17H,11-12,15H2,1-2H3,(H,28,29,33). The Bertz CT molecular complexity index is 1520. The minimum Gasteiger partial charge on any atom is -0.310 e. The van der Waals surface area contributed by atoms with Crippen LogP contribution < -0.4 is 5.32 Å². The Kier molecular flexibility index (Phi) is 6.33. The van der Waals surface area contributed by atoms with Crippen LogP contribution in [0.5, 0.6) is 0 Å². The number of nitrogens with zero attached hydrogens (tertiary/aromatic N) is 6. The predicted molar refractivity (Wildman–Crippen MR) is 134 cm³/mol. The Morgan fingerprint density at radius 2 is 1.86 bits per heavy atom. The number of benzene rings is 1. The number of hydrogen-bond acceptors (Lipinski definition) is 7. The summed E-state index contributed by atoms with van der Waals surface area (Å²) >= 11 is 0. The van der Waals surface area contributed by atoms with Crippen molar-refractivity contribution in [2.75, 3.05) is 11.9 Å². The van der Waals surface area contributed by atoms with E-state index in [1.54, 1.807) is 67.1 Å². The maximum atomic E-state index is 13.1. The highest BCUT2D eigenvalue weighted by Gasteiger charge is 2.29. The maximum absolute atomic E-state index is 13.1. The third-order valence-corrected chi connectivity index (χ3v) is 7.88. The molecule has 0 unspecified atom stereocenters. The molecule has 5 rings (SSSR count). The quantitative estimate of drug-likeness (QED) is 0.428. The molecular formula is C25H25N7O3S. The first-order valence-electron chi connectivity index (χ1n) is 11.5. The molecule has 1 aliphatic heterocycles. The predicted octanol–water partition coefficient (Wildman–Crippen LogP) is 3.32. The van der Waals surface area contributed by atoms with Crippen molar-refractivity contribution < 1.29 is 13.2 Å². The topological polar surface area (TPSA) is 123 Å². The number of hydrogen-bond donors (Lipinski definition) is 1. The number of aromatic nitrogens is 5. The number of anilines is 1. The van der Waals surface area contributed by atoms with Crippen LogP contribution in [-0.4, -0.2) is 49.9 Å². The summed E-state index contributed by atoms with van der Waals surface area (Å²) in [6, 6.07) is 15.4. The summed E-state index contributed by atoms with van der Waals surface area (Å²) in [7, 11) is -3.63. The van der Waals surface area contributed by atoms with Crippen molar-refractivity contribution in [1.82, 2.24) is 29.0 Å². The average Bonchev–Trinajstić information content (AvgIpc) is 3.39. The van der Waals surface area contributed by atoms with Gasteiger partial charge in [0.1, 0.15) is 23.5 Å². The third-order valence-electron chi connectivity index (χ3n) is 6.02. The minimum absolute atomic E-state index is 0.153. The SMILES string of the molecule is CC(C)n1cnnc1-c1cccc(NC(=O)c2cc3c(cn2)CCN(S(=O)(=O)c2ccccc2)C3)n1. The highest BCUT2D eigenvalue weighted by Crippen LogP contribution is 2.25. The first-order chi connectivity index (χ1) is 17.3. The van der Waals surface area contributed by atoms with Gasteiger partial charge in [-0.2, -0.15) is 4.31 Å². The lowest BCUT2D eigenvalue weighted by Gasteiger charge is -2.28. The number of sulfonamides is 1. The molecule has 11 heteroatoms. The van der Waals surface area contributed by atoms with Gasteiger partial charge in [0, 0.05) is 25.3 Å². The number of rotatable bonds is 6. The van der Waals surface area contributed by atoms with Gasteiger partial charge >= 0.3 is 0 Å². The van der Waals surface area contributed by atoms with E-state index in [9.17, 15) is 13.2 Å². The van der Waals surface area contributed by atoms with Crippen LogP contribution in [0.3, 0.4) is 0 Å². The lowest BCUT2D eigenvalue weighted by Crippen LogP contribution is -2.36. The maximum Gasteiger partial charge on any atom is 0.275 e. The Morgan fingerprint density at radius 3 is 2.64 bits per heavy atom. The van der Waals surface area contributed by atoms with E-state index >= 15 is 0 Å². The molecular weight excluding hydrogens is 478 g/mol. The van der Waals surface area contributed by atoms with Crippen LogP contribution in [-0.2, 0) is 23.0 Å². The summed E-state index contributed by atoms with van der Waals surface area (Å²) in [5.41, 5.74) is 2.45. The van der Waals surface area contributed by atoms with Crippen LogP contribution in [0.1, 0.15) is 41.5 Å². The lowest BCUT2D eigenvalue weighted by atomic mass is 10.0. The second kappa shape index (κ2) is 9.59. The second-order valence-corrected chi connectivity index (χ2v) is 10.7. The largest absolute Gasteiger partial charge is 0.310 e. The highest BCUT2D eigenvalue weighted by atomic mass is 32.2. The molecule has 1 aliphatic rings. The summed E-state index contributed by atoms with van der Waals surface area (Å²) in [4.78, 5) is 22.1. The van der Waals surface area contributed by atoms with Crippen molar-refractivity contribution in [1.29, 1.82) is 0 Å². The molecule has 1 N–H and O–H groups in total. The molecule has 1 amide bonds. The first-order valence-corrected chi connectivity index (χ1v) is 13.0. The summed E-state index contributed by atoms with van der Waals surface area (Å²) in [5.74, 6) is 0.521. The van der Waals surface area contributed by atoms with Gasteiger partial charge in [-0.05, 0) is 61.7 Å². The Labute approximate surface area is 209 Å². The third kappa shape index (κ3) is 4.62. The number of carbonyl (C=O) groups excluding carboxylic acids is 1. The van der Waals surface area contributed by atoms with Crippen LogP contribution in [0.25, 0.3) is 11.5 Å². The number of amides is 1. The molecule has 0 saturated carbocycles. The van der Waals surface area contributed by atoms with Gasteiger partial charge in [0.05, 0.1) is 4.90 Å². The van der Waals surface area contributed by atoms with Crippen molar-refractivity contribution in [2.45, 2.75) is 37.8 Å². The zero-order chi connectivity index (χ0) is 25.3. The van der Waals surface area contributed by atoms with Crippen molar-refractivity contribution in [2.24, 2.45) is 0 Å². The van der Waals surface area contributed by atoms with Crippen molar-refractivity contribution in [3.05, 3.63) is 83.9 Å². The van der Waals surface area contributed by atoms with E-state index in [1.807, 2.05) is 18.4 Å². The van der Waals surface area contributed by atoms with Crippen LogP contribution in [0, 0.1) is 0 Å². The van der Waals surface area contributed by atoms with Gasteiger partial charge in [-0.1, -0.05) is 24.3 Å². The molecule has 36 heavy (non-hydrogen) atoms. The number of nitrogens with one attached hydrogen (secondary N) is 1. The van der Waals surface area contributed by atoms with E-state index in [4.69, 9.17) is 0 Å². The molecule has 0 fully saturated rings. The summed E-state index contributed by atoms with van der Waals surface area (Å²) in [6.07, 6.45) is 3.81. The van der Waals surface area contributed by atoms with Crippen molar-refractivity contribution in [3.63, 3.8) is 0 Å². The Balaban J connectivity index is 1.35. The van der Waals surface area contributed by atoms with Gasteiger partial charge < -0.3 is 9.88 Å². The van der Waals surface area contributed by atoms with Gasteiger partial charge in [0.25, 0.3) is 5.91 Å². The lowest BCUT2D eigenvalue weighted by molar-refractivity contribution is 0.102. The smallest absolute Gasteiger partial charge is 0.275 e. The number of pyridine rings is 2. The van der Waals surface area contributed by atoms with E-state index in [-0.39, 0.29) is 23.2 Å². The Morgan fingerprint density at radius 1 is 1.06 bits per heavy atom. The fraction of sp³-hybridized carbons (Fsp3) is 0.240. The molecule has 0 saturated heterocycles. The van der Waals surface area contributed by atoms with Gasteiger partial charge in [-0.15, -0.1) is 10.2 Å². The van der Waals surface area contributed by atoms with E-state index in [0.717, 1.165) is 11.1 Å². The molecule has 10 nitrogen and oxygen atoms in total. The van der Waals surface area contributed by atoms with E-state index in [2.05, 4.69) is 25.5 Å². The average molecular weight is 504 g/mol. The fourth-order valence-corrected chi connectivity index (χ4v) is 5.54. The van der Waals surface area contributed by atoms with Crippen LogP contribution in [0.4, 0.5) is 5.82 Å². The Hall–Kier alpha value is -3.96. The van der Waals surface area contributed by atoms with Gasteiger partial charge in [-0.25, -0.2) is 13.4 Å². The molecule has 4 aromatic rings. The second-order valence-electron chi connectivity index (χ2n) is 8.76. The molecule has 0 radical (unpaired) electrons. The van der Waals surface area contributed by atoms with Gasteiger partial charge in [-0.3, -0.25) is 9.78 Å². The first kappa shape index (κ1) is 23.8. The van der Waals surface area contributed by atoms with Crippen LogP contribution in [0.2, 0.25) is 0 Å². The molecule has 0 atom stereocenters. The molecule has 1 aromatic carbocycles. The molecule has 0 aliphatic carbocycles. The minimum atomic E-state index is -3.63. The van der Waals surface area contributed by atoms with E-state index < -0.39 is 15.9 Å². The van der Waals surface area contributed by atoms with Gasteiger partial charge in [0.2, 0.25) is 10.0 Å². The van der Waals surface area contributed by atoms with Crippen molar-refractivity contribution >= 4 is 21.7 Å². The highest BCUT2D eigenvalue weighted by molar-refractivity contribution is 7.89. The molecule has 3 aromatic heterocycles. The summed E-state index contributed by atoms with van der Waals surface area (Å²) < 4.78 is 29.5. The monoisotopic (exact) mass is 503 g/mol. The fourth-order valence-electron chi connectivity index (χ4n) is 4.10.